The van der Waals surface area contributed by atoms with Crippen LogP contribution in [0.1, 0.15) is 6.42 Å². The van der Waals surface area contributed by atoms with Crippen LogP contribution in [0.5, 0.6) is 0 Å². The van der Waals surface area contributed by atoms with E-state index in [1.807, 2.05) is 0 Å². The third-order valence-corrected chi connectivity index (χ3v) is 1.94. The average Bonchev–Trinajstić information content (AvgIpc) is 2.33. The summed E-state index contributed by atoms with van der Waals surface area (Å²) in [5.41, 5.74) is 0. The molecule has 0 fully saturated rings. The molecular weight excluding hydrogens is 200 g/mol. The van der Waals surface area contributed by atoms with Gasteiger partial charge in [0.2, 0.25) is 0 Å². The van der Waals surface area contributed by atoms with Crippen molar-refractivity contribution in [1.82, 2.24) is 0 Å². The number of rotatable bonds is 2. The topological polar surface area (TPSA) is 52.5 Å². The van der Waals surface area contributed by atoms with Gasteiger partial charge in [0.1, 0.15) is 0 Å². The molecule has 0 unspecified atom stereocenters. The van der Waals surface area contributed by atoms with E-state index >= 15 is 0 Å². The van der Waals surface area contributed by atoms with E-state index in [2.05, 4.69) is 33.2 Å². The standard InChI is InChI=1S/C5H7NO2S.C4H12N/c7-5(8)3-4-6-1-2-9-4;1-5(2,3)4/h1-3H2,(H,7,8);1-4H3/q;+1/p-1. The minimum Gasteiger partial charge on any atom is -0.550 e. The number of carboxylic acids is 1. The average molecular weight is 218 g/mol. The molecule has 4 nitrogen and oxygen atoms in total. The molecule has 0 aromatic rings. The monoisotopic (exact) mass is 218 g/mol. The molecule has 0 aliphatic carbocycles. The fraction of sp³-hybridized carbons (Fsp3) is 0.778. The Morgan fingerprint density at radius 2 is 2.00 bits per heavy atom. The van der Waals surface area contributed by atoms with Crippen LogP contribution < -0.4 is 5.11 Å². The van der Waals surface area contributed by atoms with Gasteiger partial charge in [-0.05, 0) is 0 Å². The molecule has 0 amide bonds. The zero-order valence-corrected chi connectivity index (χ0v) is 10.1. The fourth-order valence-electron chi connectivity index (χ4n) is 0.610. The molecule has 82 valence electrons. The second-order valence-electron chi connectivity index (χ2n) is 4.36. The Bertz CT molecular complexity index is 215. The SMILES string of the molecule is C[N+](C)(C)C.O=C([O-])CC1=NCCS1. The van der Waals surface area contributed by atoms with Crippen LogP contribution in [0.15, 0.2) is 4.99 Å². The van der Waals surface area contributed by atoms with Gasteiger partial charge in [0, 0.05) is 24.7 Å². The van der Waals surface area contributed by atoms with Crippen LogP contribution in [0.25, 0.3) is 0 Å². The molecule has 0 aromatic heterocycles. The van der Waals surface area contributed by atoms with E-state index in [0.29, 0.717) is 5.04 Å². The summed E-state index contributed by atoms with van der Waals surface area (Å²) in [6.45, 7) is 0.757. The first kappa shape index (κ1) is 13.4. The number of thioether (sulfide) groups is 1. The van der Waals surface area contributed by atoms with Crippen LogP contribution in [0.3, 0.4) is 0 Å². The Labute approximate surface area is 89.6 Å². The van der Waals surface area contributed by atoms with E-state index in [9.17, 15) is 9.90 Å². The molecule has 0 radical (unpaired) electrons. The van der Waals surface area contributed by atoms with Crippen LogP contribution in [0.2, 0.25) is 0 Å². The summed E-state index contributed by atoms with van der Waals surface area (Å²) in [6.07, 6.45) is -0.00926. The molecule has 1 heterocycles. The second-order valence-corrected chi connectivity index (χ2v) is 5.52. The van der Waals surface area contributed by atoms with Gasteiger partial charge in [-0.1, -0.05) is 0 Å². The van der Waals surface area contributed by atoms with Crippen LogP contribution in [-0.2, 0) is 4.79 Å². The van der Waals surface area contributed by atoms with Crippen LogP contribution in [0, 0.1) is 0 Å². The van der Waals surface area contributed by atoms with Crippen molar-refractivity contribution in [1.29, 1.82) is 0 Å². The van der Waals surface area contributed by atoms with E-state index in [-0.39, 0.29) is 6.42 Å². The van der Waals surface area contributed by atoms with Gasteiger partial charge >= 0.3 is 0 Å². The Kier molecular flexibility index (Phi) is 5.79. The molecule has 0 saturated carbocycles. The quantitative estimate of drug-likeness (QED) is 0.592. The lowest BCUT2D eigenvalue weighted by Crippen LogP contribution is -2.27. The minimum absolute atomic E-state index is 0.00926. The Morgan fingerprint density at radius 1 is 1.50 bits per heavy atom. The maximum atomic E-state index is 9.95. The van der Waals surface area contributed by atoms with Crippen molar-refractivity contribution in [3.05, 3.63) is 0 Å². The number of nitrogens with zero attached hydrogens (tertiary/aromatic N) is 2. The van der Waals surface area contributed by atoms with E-state index in [0.717, 1.165) is 16.8 Å². The molecule has 0 spiro atoms. The highest BCUT2D eigenvalue weighted by Crippen LogP contribution is 2.13. The van der Waals surface area contributed by atoms with Crippen molar-refractivity contribution in [3.63, 3.8) is 0 Å². The molecule has 0 aromatic carbocycles. The summed E-state index contributed by atoms with van der Waals surface area (Å²) in [7, 11) is 8.50. The fourth-order valence-corrected chi connectivity index (χ4v) is 1.43. The molecule has 0 saturated heterocycles. The predicted molar refractivity (Wildman–Crippen MR) is 58.3 cm³/mol. The number of carboxylic acid groups (broad SMARTS) is 1. The summed E-state index contributed by atoms with van der Waals surface area (Å²) >= 11 is 1.50. The number of aliphatic carboxylic acids is 1. The first-order chi connectivity index (χ1) is 6.29. The zero-order valence-electron chi connectivity index (χ0n) is 9.24. The molecule has 14 heavy (non-hydrogen) atoms. The van der Waals surface area contributed by atoms with Gasteiger partial charge in [0.15, 0.2) is 0 Å². The molecule has 1 aliphatic rings. The third-order valence-electron chi connectivity index (χ3n) is 0.944. The van der Waals surface area contributed by atoms with E-state index < -0.39 is 5.97 Å². The number of carbonyl (C=O) groups excluding carboxylic acids is 1. The number of aliphatic imine (C=N–C) groups is 1. The van der Waals surface area contributed by atoms with Crippen molar-refractivity contribution in [2.75, 3.05) is 40.5 Å². The summed E-state index contributed by atoms with van der Waals surface area (Å²) in [5, 5.41) is 10.7. The first-order valence-electron chi connectivity index (χ1n) is 4.44. The lowest BCUT2D eigenvalue weighted by Gasteiger charge is -2.14. The van der Waals surface area contributed by atoms with E-state index in [4.69, 9.17) is 0 Å². The lowest BCUT2D eigenvalue weighted by molar-refractivity contribution is -0.849. The maximum absolute atomic E-state index is 9.95. The van der Waals surface area contributed by atoms with Crippen molar-refractivity contribution in [2.45, 2.75) is 6.42 Å². The van der Waals surface area contributed by atoms with E-state index in [1.54, 1.807) is 0 Å². The summed E-state index contributed by atoms with van der Waals surface area (Å²) < 4.78 is 1.00. The van der Waals surface area contributed by atoms with Gasteiger partial charge in [0.25, 0.3) is 0 Å². The minimum atomic E-state index is -1.04. The van der Waals surface area contributed by atoms with Crippen molar-refractivity contribution in [2.24, 2.45) is 4.99 Å². The highest BCUT2D eigenvalue weighted by atomic mass is 32.2. The number of hydrogen-bond donors (Lipinski definition) is 0. The van der Waals surface area contributed by atoms with Crippen molar-refractivity contribution in [3.8, 4) is 0 Å². The molecule has 0 atom stereocenters. The Hall–Kier alpha value is -0.550. The van der Waals surface area contributed by atoms with Gasteiger partial charge in [-0.15, -0.1) is 11.8 Å². The van der Waals surface area contributed by atoms with Crippen LogP contribution in [-0.4, -0.2) is 56.0 Å². The van der Waals surface area contributed by atoms with Crippen molar-refractivity contribution < 1.29 is 14.4 Å². The van der Waals surface area contributed by atoms with Crippen LogP contribution in [0.4, 0.5) is 0 Å². The highest BCUT2D eigenvalue weighted by molar-refractivity contribution is 8.14. The first-order valence-corrected chi connectivity index (χ1v) is 5.42. The van der Waals surface area contributed by atoms with Gasteiger partial charge < -0.3 is 14.4 Å². The second kappa shape index (κ2) is 6.03. The Morgan fingerprint density at radius 3 is 2.29 bits per heavy atom. The van der Waals surface area contributed by atoms with Gasteiger partial charge in [-0.3, -0.25) is 4.99 Å². The van der Waals surface area contributed by atoms with Crippen molar-refractivity contribution >= 4 is 22.8 Å². The van der Waals surface area contributed by atoms with Crippen LogP contribution >= 0.6 is 11.8 Å². The summed E-state index contributed by atoms with van der Waals surface area (Å²) in [4.78, 5) is 13.9. The maximum Gasteiger partial charge on any atom is 0.0733 e. The molecular formula is C9H18N2O2S. The zero-order chi connectivity index (χ0) is 11.2. The van der Waals surface area contributed by atoms with Gasteiger partial charge in [0.05, 0.1) is 33.2 Å². The molecule has 0 N–H and O–H groups in total. The number of hydrogen-bond acceptors (Lipinski definition) is 4. The molecule has 1 rings (SSSR count). The van der Waals surface area contributed by atoms with E-state index in [1.165, 1.54) is 11.8 Å². The number of carbonyl (C=O) groups is 1. The molecule has 0 bridgehead atoms. The normalized spacial score (nSPS) is 15.6. The third kappa shape index (κ3) is 11.4. The van der Waals surface area contributed by atoms with Gasteiger partial charge in [-0.2, -0.15) is 0 Å². The molecule has 5 heteroatoms. The van der Waals surface area contributed by atoms with Gasteiger partial charge in [-0.25, -0.2) is 0 Å². The smallest absolute Gasteiger partial charge is 0.0733 e. The predicted octanol–water partition coefficient (Wildman–Crippen LogP) is -0.406. The Balaban J connectivity index is 0.000000292. The molecule has 1 aliphatic heterocycles. The summed E-state index contributed by atoms with van der Waals surface area (Å²) in [5.74, 6) is -0.119. The summed E-state index contributed by atoms with van der Waals surface area (Å²) in [6, 6.07) is 0. The highest BCUT2D eigenvalue weighted by Gasteiger charge is 2.05. The largest absolute Gasteiger partial charge is 0.550 e. The lowest BCUT2D eigenvalue weighted by atomic mass is 10.5. The number of quaternary nitrogens is 1.